The highest BCUT2D eigenvalue weighted by molar-refractivity contribution is 5.80. The fourth-order valence-corrected chi connectivity index (χ4v) is 4.06. The minimum Gasteiger partial charge on any atom is -0.358 e. The van der Waals surface area contributed by atoms with Crippen LogP contribution in [-0.2, 0) is 4.79 Å². The number of halogens is 1. The van der Waals surface area contributed by atoms with E-state index >= 15 is 0 Å². The molecule has 1 aliphatic rings. The number of nitrogens with one attached hydrogen (secondary N) is 1. The summed E-state index contributed by atoms with van der Waals surface area (Å²) in [6, 6.07) is 17.1. The number of carbonyl (C=O) groups is 1. The third-order valence-electron chi connectivity index (χ3n) is 5.76. The molecule has 4 rings (SSSR count). The van der Waals surface area contributed by atoms with Crippen LogP contribution in [0.4, 0.5) is 4.39 Å². The number of likely N-dealkylation sites (tertiary alicyclic amines) is 1. The summed E-state index contributed by atoms with van der Waals surface area (Å²) >= 11 is 0. The Kier molecular flexibility index (Phi) is 4.97. The molecule has 1 atom stereocenters. The largest absolute Gasteiger partial charge is 0.358 e. The van der Waals surface area contributed by atoms with Gasteiger partial charge in [-0.1, -0.05) is 37.3 Å². The van der Waals surface area contributed by atoms with Gasteiger partial charge in [0.25, 0.3) is 0 Å². The average molecular weight is 364 g/mol. The maximum absolute atomic E-state index is 13.1. The van der Waals surface area contributed by atoms with Crippen molar-refractivity contribution in [3.63, 3.8) is 0 Å². The lowest BCUT2D eigenvalue weighted by Crippen LogP contribution is -2.38. The Morgan fingerprint density at radius 3 is 2.56 bits per heavy atom. The van der Waals surface area contributed by atoms with Crippen LogP contribution in [0.15, 0.2) is 54.6 Å². The van der Waals surface area contributed by atoms with Gasteiger partial charge in [0.05, 0.1) is 0 Å². The Morgan fingerprint density at radius 1 is 1.15 bits per heavy atom. The van der Waals surface area contributed by atoms with Crippen LogP contribution in [0.5, 0.6) is 0 Å². The second-order valence-corrected chi connectivity index (χ2v) is 7.62. The third-order valence-corrected chi connectivity index (χ3v) is 5.76. The van der Waals surface area contributed by atoms with Gasteiger partial charge in [0.1, 0.15) is 5.82 Å². The number of rotatable bonds is 4. The van der Waals surface area contributed by atoms with Crippen LogP contribution in [0.2, 0.25) is 0 Å². The van der Waals surface area contributed by atoms with Crippen LogP contribution < -0.4 is 0 Å². The predicted molar refractivity (Wildman–Crippen MR) is 106 cm³/mol. The lowest BCUT2D eigenvalue weighted by atomic mass is 9.92. The van der Waals surface area contributed by atoms with Crippen LogP contribution in [-0.4, -0.2) is 28.9 Å². The van der Waals surface area contributed by atoms with E-state index in [9.17, 15) is 9.18 Å². The monoisotopic (exact) mass is 364 g/mol. The second-order valence-electron chi connectivity index (χ2n) is 7.62. The first kappa shape index (κ1) is 17.8. The van der Waals surface area contributed by atoms with Gasteiger partial charge >= 0.3 is 0 Å². The molecule has 3 aromatic rings. The molecule has 2 heterocycles. The summed E-state index contributed by atoms with van der Waals surface area (Å²) in [6.45, 7) is 3.63. The topological polar surface area (TPSA) is 36.1 Å². The zero-order valence-corrected chi connectivity index (χ0v) is 15.6. The Bertz CT molecular complexity index is 890. The van der Waals surface area contributed by atoms with E-state index in [0.29, 0.717) is 12.3 Å². The van der Waals surface area contributed by atoms with Gasteiger partial charge in [-0.2, -0.15) is 0 Å². The molecule has 3 nitrogen and oxygen atoms in total. The minimum absolute atomic E-state index is 0.101. The smallest absolute Gasteiger partial charge is 0.223 e. The molecule has 1 saturated heterocycles. The number of H-pyrrole nitrogens is 1. The highest BCUT2D eigenvalue weighted by Gasteiger charge is 2.25. The van der Waals surface area contributed by atoms with Gasteiger partial charge in [-0.3, -0.25) is 4.79 Å². The number of carbonyl (C=O) groups excluding carboxylic acids is 1. The van der Waals surface area contributed by atoms with E-state index in [0.717, 1.165) is 31.5 Å². The highest BCUT2D eigenvalue weighted by Crippen LogP contribution is 2.31. The first-order chi connectivity index (χ1) is 13.1. The van der Waals surface area contributed by atoms with E-state index in [1.807, 2.05) is 17.9 Å². The summed E-state index contributed by atoms with van der Waals surface area (Å²) < 4.78 is 13.1. The van der Waals surface area contributed by atoms with Gasteiger partial charge in [0, 0.05) is 36.6 Å². The molecule has 0 radical (unpaired) electrons. The molecule has 0 bridgehead atoms. The van der Waals surface area contributed by atoms with E-state index in [1.54, 1.807) is 12.1 Å². The third kappa shape index (κ3) is 3.90. The standard InChI is InChI=1S/C23H25FN2O/c1-16(17-6-8-20(24)9-7-17)14-23(27)26-12-10-18(11-13-26)22-15-19-4-2-3-5-21(19)25-22/h2-9,15-16,18,25H,10-14H2,1H3. The molecule has 1 unspecified atom stereocenters. The van der Waals surface area contributed by atoms with Crippen molar-refractivity contribution in [2.24, 2.45) is 0 Å². The van der Waals surface area contributed by atoms with Gasteiger partial charge in [-0.15, -0.1) is 0 Å². The second kappa shape index (κ2) is 7.55. The summed E-state index contributed by atoms with van der Waals surface area (Å²) in [5.41, 5.74) is 3.47. The quantitative estimate of drug-likeness (QED) is 0.678. The molecule has 2 aromatic carbocycles. The number of hydrogen-bond acceptors (Lipinski definition) is 1. The van der Waals surface area contributed by atoms with Crippen molar-refractivity contribution in [1.82, 2.24) is 9.88 Å². The Morgan fingerprint density at radius 2 is 1.85 bits per heavy atom. The van der Waals surface area contributed by atoms with E-state index in [2.05, 4.69) is 29.2 Å². The number of aromatic nitrogens is 1. The number of benzene rings is 2. The van der Waals surface area contributed by atoms with Crippen molar-refractivity contribution >= 4 is 16.8 Å². The van der Waals surface area contributed by atoms with Crippen LogP contribution in [0, 0.1) is 5.82 Å². The van der Waals surface area contributed by atoms with Crippen molar-refractivity contribution in [3.8, 4) is 0 Å². The summed E-state index contributed by atoms with van der Waals surface area (Å²) in [5, 5.41) is 1.25. The molecular weight excluding hydrogens is 339 g/mol. The molecule has 1 aromatic heterocycles. The lowest BCUT2D eigenvalue weighted by Gasteiger charge is -2.32. The summed E-state index contributed by atoms with van der Waals surface area (Å²) in [7, 11) is 0. The maximum atomic E-state index is 13.1. The first-order valence-electron chi connectivity index (χ1n) is 9.71. The Hall–Kier alpha value is -2.62. The van der Waals surface area contributed by atoms with Crippen molar-refractivity contribution in [1.29, 1.82) is 0 Å². The predicted octanol–water partition coefficient (Wildman–Crippen LogP) is 5.21. The molecule has 1 amide bonds. The van der Waals surface area contributed by atoms with Crippen LogP contribution in [0.3, 0.4) is 0 Å². The zero-order valence-electron chi connectivity index (χ0n) is 15.6. The SMILES string of the molecule is CC(CC(=O)N1CCC(c2cc3ccccc3[nH]2)CC1)c1ccc(F)cc1. The molecule has 27 heavy (non-hydrogen) atoms. The molecule has 0 spiro atoms. The van der Waals surface area contributed by atoms with Crippen molar-refractivity contribution < 1.29 is 9.18 Å². The van der Waals surface area contributed by atoms with Gasteiger partial charge in [0.2, 0.25) is 5.91 Å². The van der Waals surface area contributed by atoms with Crippen molar-refractivity contribution in [2.75, 3.05) is 13.1 Å². The molecule has 140 valence electrons. The summed E-state index contributed by atoms with van der Waals surface area (Å²) in [6.07, 6.45) is 2.45. The number of amides is 1. The minimum atomic E-state index is -0.240. The number of fused-ring (bicyclic) bond motifs is 1. The van der Waals surface area contributed by atoms with Crippen LogP contribution >= 0.6 is 0 Å². The van der Waals surface area contributed by atoms with Gasteiger partial charge in [-0.05, 0) is 54.0 Å². The van der Waals surface area contributed by atoms with Crippen molar-refractivity contribution in [3.05, 3.63) is 71.7 Å². The van der Waals surface area contributed by atoms with Gasteiger partial charge < -0.3 is 9.88 Å². The number of hydrogen-bond donors (Lipinski definition) is 1. The van der Waals surface area contributed by atoms with E-state index in [1.165, 1.54) is 28.7 Å². The van der Waals surface area contributed by atoms with Gasteiger partial charge in [0.15, 0.2) is 0 Å². The van der Waals surface area contributed by atoms with E-state index in [-0.39, 0.29) is 17.6 Å². The fraction of sp³-hybridized carbons (Fsp3) is 0.348. The molecule has 1 fully saturated rings. The lowest BCUT2D eigenvalue weighted by molar-refractivity contribution is -0.132. The highest BCUT2D eigenvalue weighted by atomic mass is 19.1. The van der Waals surface area contributed by atoms with Crippen LogP contribution in [0.25, 0.3) is 10.9 Å². The number of nitrogens with zero attached hydrogens (tertiary/aromatic N) is 1. The number of para-hydroxylation sites is 1. The number of aromatic amines is 1. The Balaban J connectivity index is 1.34. The van der Waals surface area contributed by atoms with Crippen LogP contribution in [0.1, 0.15) is 49.3 Å². The summed E-state index contributed by atoms with van der Waals surface area (Å²) in [4.78, 5) is 18.2. The van der Waals surface area contributed by atoms with Crippen molar-refractivity contribution in [2.45, 2.75) is 38.0 Å². The summed E-state index contributed by atoms with van der Waals surface area (Å²) in [5.74, 6) is 0.541. The van der Waals surface area contributed by atoms with E-state index < -0.39 is 0 Å². The first-order valence-corrected chi connectivity index (χ1v) is 9.71. The zero-order chi connectivity index (χ0) is 18.8. The fourth-order valence-electron chi connectivity index (χ4n) is 4.06. The molecular formula is C23H25FN2O. The molecule has 0 saturated carbocycles. The van der Waals surface area contributed by atoms with E-state index in [4.69, 9.17) is 0 Å². The maximum Gasteiger partial charge on any atom is 0.223 e. The molecule has 0 aliphatic carbocycles. The Labute approximate surface area is 159 Å². The molecule has 1 aliphatic heterocycles. The number of piperidine rings is 1. The van der Waals surface area contributed by atoms with Gasteiger partial charge in [-0.25, -0.2) is 4.39 Å². The normalized spacial score (nSPS) is 16.6. The molecule has 1 N–H and O–H groups in total. The average Bonchev–Trinajstić information content (AvgIpc) is 3.13. The molecule has 4 heteroatoms.